The van der Waals surface area contributed by atoms with Gasteiger partial charge in [-0.2, -0.15) is 0 Å². The van der Waals surface area contributed by atoms with Crippen molar-refractivity contribution in [3.63, 3.8) is 0 Å². The molecule has 0 saturated carbocycles. The van der Waals surface area contributed by atoms with Crippen LogP contribution in [0.2, 0.25) is 0 Å². The van der Waals surface area contributed by atoms with Crippen molar-refractivity contribution in [1.82, 2.24) is 19.2 Å². The lowest BCUT2D eigenvalue weighted by Gasteiger charge is -2.22. The van der Waals surface area contributed by atoms with Gasteiger partial charge in [0.2, 0.25) is 5.91 Å². The first-order chi connectivity index (χ1) is 17.5. The van der Waals surface area contributed by atoms with Crippen molar-refractivity contribution in [3.05, 3.63) is 93.7 Å². The van der Waals surface area contributed by atoms with Crippen LogP contribution in [0.1, 0.15) is 22.4 Å². The second-order valence-electron chi connectivity index (χ2n) is 10.4. The maximum atomic E-state index is 13.2. The minimum atomic E-state index is 0.271. The lowest BCUT2D eigenvalue weighted by molar-refractivity contribution is -0.129. The summed E-state index contributed by atoms with van der Waals surface area (Å²) in [5.41, 5.74) is 8.01. The number of benzene rings is 2. The Morgan fingerprint density at radius 2 is 1.61 bits per heavy atom. The standard InChI is InChI=1S/C30H31BrN4O/c1-20-6-5-7-21(2)26(20)14-29(36)34-17-23-15-33(16-24(23)18-34)19-27-30(22-9-11-25(31)12-10-22)32-28-8-3-4-13-35(27)28/h3-13,23-24H,14-19H2,1-2H3. The highest BCUT2D eigenvalue weighted by molar-refractivity contribution is 9.10. The Hall–Kier alpha value is -2.96. The predicted molar refractivity (Wildman–Crippen MR) is 147 cm³/mol. The van der Waals surface area contributed by atoms with Gasteiger partial charge in [-0.1, -0.05) is 52.3 Å². The largest absolute Gasteiger partial charge is 0.342 e. The maximum Gasteiger partial charge on any atom is 0.227 e. The molecule has 1 amide bonds. The molecule has 0 N–H and O–H groups in total. The summed E-state index contributed by atoms with van der Waals surface area (Å²) >= 11 is 3.55. The number of aryl methyl sites for hydroxylation is 2. The molecular formula is C30H31BrN4O. The van der Waals surface area contributed by atoms with E-state index in [-0.39, 0.29) is 5.91 Å². The molecule has 0 spiro atoms. The van der Waals surface area contributed by atoms with E-state index in [1.54, 1.807) is 0 Å². The smallest absolute Gasteiger partial charge is 0.227 e. The summed E-state index contributed by atoms with van der Waals surface area (Å²) in [6, 6.07) is 20.9. The monoisotopic (exact) mass is 542 g/mol. The van der Waals surface area contributed by atoms with Crippen LogP contribution in [0.4, 0.5) is 0 Å². The van der Waals surface area contributed by atoms with E-state index in [0.717, 1.165) is 54.1 Å². The van der Waals surface area contributed by atoms with E-state index in [1.165, 1.54) is 22.4 Å². The number of rotatable bonds is 5. The van der Waals surface area contributed by atoms with Crippen molar-refractivity contribution in [2.75, 3.05) is 26.2 Å². The molecule has 2 aromatic heterocycles. The fourth-order valence-corrected chi connectivity index (χ4v) is 6.33. The van der Waals surface area contributed by atoms with Crippen LogP contribution in [-0.2, 0) is 17.8 Å². The molecule has 2 aromatic carbocycles. The first-order valence-corrected chi connectivity index (χ1v) is 13.5. The van der Waals surface area contributed by atoms with Gasteiger partial charge in [0.05, 0.1) is 17.8 Å². The van der Waals surface area contributed by atoms with Crippen molar-refractivity contribution >= 4 is 27.5 Å². The number of carbonyl (C=O) groups is 1. The molecule has 6 rings (SSSR count). The molecule has 4 aromatic rings. The fraction of sp³-hybridized carbons (Fsp3) is 0.333. The highest BCUT2D eigenvalue weighted by Gasteiger charge is 2.41. The van der Waals surface area contributed by atoms with Gasteiger partial charge in [-0.05, 0) is 66.6 Å². The average molecular weight is 544 g/mol. The summed E-state index contributed by atoms with van der Waals surface area (Å²) in [7, 11) is 0. The molecule has 0 aliphatic carbocycles. The number of aromatic nitrogens is 2. The number of likely N-dealkylation sites (tertiary alicyclic amines) is 2. The molecule has 0 radical (unpaired) electrons. The molecule has 2 unspecified atom stereocenters. The number of amides is 1. The molecule has 2 atom stereocenters. The van der Waals surface area contributed by atoms with Crippen LogP contribution in [0, 0.1) is 25.7 Å². The van der Waals surface area contributed by atoms with E-state index < -0.39 is 0 Å². The summed E-state index contributed by atoms with van der Waals surface area (Å²) in [5.74, 6) is 1.36. The number of carbonyl (C=O) groups excluding carboxylic acids is 1. The zero-order valence-electron chi connectivity index (χ0n) is 20.8. The van der Waals surface area contributed by atoms with Gasteiger partial charge in [0, 0.05) is 49.0 Å². The Morgan fingerprint density at radius 3 is 2.31 bits per heavy atom. The highest BCUT2D eigenvalue weighted by atomic mass is 79.9. The highest BCUT2D eigenvalue weighted by Crippen LogP contribution is 2.34. The lowest BCUT2D eigenvalue weighted by atomic mass is 9.99. The van der Waals surface area contributed by atoms with Crippen LogP contribution in [0.5, 0.6) is 0 Å². The normalized spacial score (nSPS) is 19.8. The van der Waals surface area contributed by atoms with E-state index in [0.29, 0.717) is 18.3 Å². The number of hydrogen-bond acceptors (Lipinski definition) is 3. The third-order valence-electron chi connectivity index (χ3n) is 8.01. The molecule has 184 valence electrons. The van der Waals surface area contributed by atoms with Crippen molar-refractivity contribution in [1.29, 1.82) is 0 Å². The quantitative estimate of drug-likeness (QED) is 0.333. The van der Waals surface area contributed by atoms with Gasteiger partial charge in [-0.25, -0.2) is 4.98 Å². The Balaban J connectivity index is 1.16. The second kappa shape index (κ2) is 9.49. The lowest BCUT2D eigenvalue weighted by Crippen LogP contribution is -2.34. The van der Waals surface area contributed by atoms with Crippen LogP contribution in [0.3, 0.4) is 0 Å². The van der Waals surface area contributed by atoms with Gasteiger partial charge in [0.15, 0.2) is 0 Å². The molecule has 2 saturated heterocycles. The number of nitrogens with zero attached hydrogens (tertiary/aromatic N) is 4. The third-order valence-corrected chi connectivity index (χ3v) is 8.54. The van der Waals surface area contributed by atoms with Crippen LogP contribution < -0.4 is 0 Å². The van der Waals surface area contributed by atoms with Gasteiger partial charge in [0.25, 0.3) is 0 Å². The number of fused-ring (bicyclic) bond motifs is 2. The summed E-state index contributed by atoms with van der Waals surface area (Å²) < 4.78 is 3.30. The Bertz CT molecular complexity index is 1390. The summed E-state index contributed by atoms with van der Waals surface area (Å²) in [4.78, 5) is 22.8. The number of imidazole rings is 1. The molecule has 5 nitrogen and oxygen atoms in total. The van der Waals surface area contributed by atoms with Gasteiger partial charge >= 0.3 is 0 Å². The van der Waals surface area contributed by atoms with Crippen molar-refractivity contribution < 1.29 is 4.79 Å². The van der Waals surface area contributed by atoms with Gasteiger partial charge in [-0.15, -0.1) is 0 Å². The Kier molecular flexibility index (Phi) is 6.18. The van der Waals surface area contributed by atoms with Crippen molar-refractivity contribution in [2.45, 2.75) is 26.8 Å². The van der Waals surface area contributed by atoms with Gasteiger partial charge in [-0.3, -0.25) is 9.69 Å². The molecule has 36 heavy (non-hydrogen) atoms. The first-order valence-electron chi connectivity index (χ1n) is 12.7. The van der Waals surface area contributed by atoms with E-state index in [9.17, 15) is 4.79 Å². The number of pyridine rings is 1. The topological polar surface area (TPSA) is 40.9 Å². The van der Waals surface area contributed by atoms with E-state index in [4.69, 9.17) is 4.98 Å². The number of halogens is 1. The van der Waals surface area contributed by atoms with Crippen LogP contribution in [0.15, 0.2) is 71.3 Å². The molecular weight excluding hydrogens is 512 g/mol. The van der Waals surface area contributed by atoms with Crippen molar-refractivity contribution in [2.24, 2.45) is 11.8 Å². The number of hydrogen-bond donors (Lipinski definition) is 0. The second-order valence-corrected chi connectivity index (χ2v) is 11.3. The van der Waals surface area contributed by atoms with E-state index in [2.05, 4.69) is 105 Å². The molecule has 6 heteroatoms. The summed E-state index contributed by atoms with van der Waals surface area (Å²) in [5, 5.41) is 0. The zero-order chi connectivity index (χ0) is 24.8. The average Bonchev–Trinajstić information content (AvgIpc) is 3.54. The first kappa shape index (κ1) is 23.4. The molecule has 4 heterocycles. The molecule has 0 bridgehead atoms. The van der Waals surface area contributed by atoms with Crippen LogP contribution in [0.25, 0.3) is 16.9 Å². The predicted octanol–water partition coefficient (Wildman–Crippen LogP) is 5.51. The maximum absolute atomic E-state index is 13.2. The summed E-state index contributed by atoms with van der Waals surface area (Å²) in [6.45, 7) is 8.87. The zero-order valence-corrected chi connectivity index (χ0v) is 22.4. The van der Waals surface area contributed by atoms with Gasteiger partial charge < -0.3 is 9.30 Å². The Labute approximate surface area is 220 Å². The van der Waals surface area contributed by atoms with Crippen molar-refractivity contribution in [3.8, 4) is 11.3 Å². The SMILES string of the molecule is Cc1cccc(C)c1CC(=O)N1CC2CN(Cc3c(-c4ccc(Br)cc4)nc4ccccn34)CC2C1. The minimum Gasteiger partial charge on any atom is -0.342 e. The van der Waals surface area contributed by atoms with E-state index >= 15 is 0 Å². The fourth-order valence-electron chi connectivity index (χ4n) is 6.06. The third kappa shape index (κ3) is 4.37. The van der Waals surface area contributed by atoms with Crippen LogP contribution in [-0.4, -0.2) is 51.3 Å². The molecule has 2 fully saturated rings. The minimum absolute atomic E-state index is 0.271. The van der Waals surface area contributed by atoms with Gasteiger partial charge in [0.1, 0.15) is 5.65 Å². The molecule has 2 aliphatic rings. The summed E-state index contributed by atoms with van der Waals surface area (Å²) in [6.07, 6.45) is 2.63. The van der Waals surface area contributed by atoms with E-state index in [1.807, 2.05) is 6.07 Å². The molecule has 2 aliphatic heterocycles. The van der Waals surface area contributed by atoms with Crippen LogP contribution >= 0.6 is 15.9 Å². The Morgan fingerprint density at radius 1 is 0.917 bits per heavy atom.